The summed E-state index contributed by atoms with van der Waals surface area (Å²) in [4.78, 5) is 4.15. The Bertz CT molecular complexity index is 359. The fourth-order valence-electron chi connectivity index (χ4n) is 1.36. The zero-order valence-electron chi connectivity index (χ0n) is 10.2. The molecule has 2 N–H and O–H groups in total. The summed E-state index contributed by atoms with van der Waals surface area (Å²) in [7, 11) is 0. The number of allylic oxidation sites excluding steroid dienone is 1. The monoisotopic (exact) mass is 220 g/mol. The van der Waals surface area contributed by atoms with Gasteiger partial charge in [0.15, 0.2) is 0 Å². The summed E-state index contributed by atoms with van der Waals surface area (Å²) in [6, 6.07) is 2.20. The Balaban J connectivity index is 2.78. The SMILES string of the molecule is CCOc1cncc(C(C)=CCC(C)N)c1. The molecular weight excluding hydrogens is 200 g/mol. The van der Waals surface area contributed by atoms with Gasteiger partial charge in [0, 0.05) is 12.2 Å². The van der Waals surface area contributed by atoms with Crippen LogP contribution in [0.4, 0.5) is 0 Å². The standard InChI is InChI=1S/C13H20N2O/c1-4-16-13-7-12(8-15-9-13)10(2)5-6-11(3)14/h5,7-9,11H,4,6,14H2,1-3H3. The second-order valence-corrected chi connectivity index (χ2v) is 3.94. The molecule has 0 fully saturated rings. The number of pyridine rings is 1. The average molecular weight is 220 g/mol. The van der Waals surface area contributed by atoms with Gasteiger partial charge in [-0.1, -0.05) is 6.08 Å². The van der Waals surface area contributed by atoms with E-state index in [9.17, 15) is 0 Å². The third-order valence-electron chi connectivity index (χ3n) is 2.28. The van der Waals surface area contributed by atoms with E-state index in [-0.39, 0.29) is 6.04 Å². The first-order valence-electron chi connectivity index (χ1n) is 5.64. The number of rotatable bonds is 5. The van der Waals surface area contributed by atoms with Gasteiger partial charge in [0.05, 0.1) is 12.8 Å². The first-order valence-corrected chi connectivity index (χ1v) is 5.64. The molecule has 0 aliphatic rings. The molecule has 0 spiro atoms. The summed E-state index contributed by atoms with van der Waals surface area (Å²) in [6.07, 6.45) is 6.59. The van der Waals surface area contributed by atoms with Crippen molar-refractivity contribution in [3.05, 3.63) is 30.1 Å². The highest BCUT2D eigenvalue weighted by Gasteiger charge is 2.00. The molecule has 0 aliphatic carbocycles. The van der Waals surface area contributed by atoms with Crippen molar-refractivity contribution >= 4 is 5.57 Å². The van der Waals surface area contributed by atoms with Crippen molar-refractivity contribution in [2.75, 3.05) is 6.61 Å². The first-order chi connectivity index (χ1) is 7.63. The molecule has 1 aromatic rings. The molecule has 1 unspecified atom stereocenters. The van der Waals surface area contributed by atoms with Crippen LogP contribution < -0.4 is 10.5 Å². The molecule has 16 heavy (non-hydrogen) atoms. The van der Waals surface area contributed by atoms with Gasteiger partial charge in [-0.15, -0.1) is 0 Å². The lowest BCUT2D eigenvalue weighted by molar-refractivity contribution is 0.339. The second kappa shape index (κ2) is 6.28. The third-order valence-corrected chi connectivity index (χ3v) is 2.28. The molecule has 1 atom stereocenters. The van der Waals surface area contributed by atoms with E-state index in [0.717, 1.165) is 17.7 Å². The number of hydrogen-bond acceptors (Lipinski definition) is 3. The molecular formula is C13H20N2O. The summed E-state index contributed by atoms with van der Waals surface area (Å²) in [5.41, 5.74) is 7.99. The number of hydrogen-bond donors (Lipinski definition) is 1. The lowest BCUT2D eigenvalue weighted by atomic mass is 10.1. The molecule has 0 radical (unpaired) electrons. The number of aromatic nitrogens is 1. The molecule has 0 amide bonds. The van der Waals surface area contributed by atoms with E-state index in [4.69, 9.17) is 10.5 Å². The van der Waals surface area contributed by atoms with Gasteiger partial charge in [0.25, 0.3) is 0 Å². The molecule has 3 nitrogen and oxygen atoms in total. The lowest BCUT2D eigenvalue weighted by Gasteiger charge is -2.06. The van der Waals surface area contributed by atoms with Crippen molar-refractivity contribution in [2.24, 2.45) is 5.73 Å². The fourth-order valence-corrected chi connectivity index (χ4v) is 1.36. The van der Waals surface area contributed by atoms with E-state index in [0.29, 0.717) is 6.61 Å². The van der Waals surface area contributed by atoms with Crippen LogP contribution in [0.5, 0.6) is 5.75 Å². The molecule has 88 valence electrons. The van der Waals surface area contributed by atoms with Crippen molar-refractivity contribution in [1.29, 1.82) is 0 Å². The predicted octanol–water partition coefficient (Wildman–Crippen LogP) is 2.62. The van der Waals surface area contributed by atoms with E-state index >= 15 is 0 Å². The van der Waals surface area contributed by atoms with Gasteiger partial charge in [0.1, 0.15) is 5.75 Å². The summed E-state index contributed by atoms with van der Waals surface area (Å²) in [5.74, 6) is 0.813. The van der Waals surface area contributed by atoms with Crippen molar-refractivity contribution in [1.82, 2.24) is 4.98 Å². The van der Waals surface area contributed by atoms with Gasteiger partial charge in [-0.3, -0.25) is 4.98 Å². The minimum absolute atomic E-state index is 0.193. The summed E-state index contributed by atoms with van der Waals surface area (Å²) < 4.78 is 5.41. The van der Waals surface area contributed by atoms with Crippen LogP contribution in [0.15, 0.2) is 24.5 Å². The summed E-state index contributed by atoms with van der Waals surface area (Å²) in [6.45, 7) is 6.69. The number of nitrogens with two attached hydrogens (primary N) is 1. The van der Waals surface area contributed by atoms with Gasteiger partial charge >= 0.3 is 0 Å². The lowest BCUT2D eigenvalue weighted by Crippen LogP contribution is -2.12. The third kappa shape index (κ3) is 4.03. The smallest absolute Gasteiger partial charge is 0.138 e. The molecule has 1 rings (SSSR count). The van der Waals surface area contributed by atoms with Crippen LogP contribution in [0.25, 0.3) is 5.57 Å². The zero-order valence-corrected chi connectivity index (χ0v) is 10.2. The van der Waals surface area contributed by atoms with E-state index < -0.39 is 0 Å². The van der Waals surface area contributed by atoms with Gasteiger partial charge in [0.2, 0.25) is 0 Å². The molecule has 0 aromatic carbocycles. The second-order valence-electron chi connectivity index (χ2n) is 3.94. The van der Waals surface area contributed by atoms with Crippen LogP contribution >= 0.6 is 0 Å². The van der Waals surface area contributed by atoms with Crippen LogP contribution in [0, 0.1) is 0 Å². The minimum atomic E-state index is 0.193. The van der Waals surface area contributed by atoms with E-state index in [1.165, 1.54) is 5.57 Å². The summed E-state index contributed by atoms with van der Waals surface area (Å²) in [5, 5.41) is 0. The molecule has 3 heteroatoms. The highest BCUT2D eigenvalue weighted by atomic mass is 16.5. The highest BCUT2D eigenvalue weighted by Crippen LogP contribution is 2.18. The van der Waals surface area contributed by atoms with Gasteiger partial charge in [-0.2, -0.15) is 0 Å². The number of ether oxygens (including phenoxy) is 1. The number of nitrogens with zero attached hydrogens (tertiary/aromatic N) is 1. The van der Waals surface area contributed by atoms with Crippen LogP contribution in [0.3, 0.4) is 0 Å². The van der Waals surface area contributed by atoms with Crippen molar-refractivity contribution in [3.63, 3.8) is 0 Å². The topological polar surface area (TPSA) is 48.1 Å². The Labute approximate surface area is 97.3 Å². The van der Waals surface area contributed by atoms with Crippen LogP contribution in [0.2, 0.25) is 0 Å². The van der Waals surface area contributed by atoms with Crippen LogP contribution in [-0.4, -0.2) is 17.6 Å². The first kappa shape index (κ1) is 12.7. The minimum Gasteiger partial charge on any atom is -0.492 e. The zero-order chi connectivity index (χ0) is 12.0. The molecule has 0 bridgehead atoms. The molecule has 0 saturated heterocycles. The van der Waals surface area contributed by atoms with E-state index in [1.807, 2.05) is 26.1 Å². The fraction of sp³-hybridized carbons (Fsp3) is 0.462. The van der Waals surface area contributed by atoms with Gasteiger partial charge in [-0.05, 0) is 44.4 Å². The summed E-state index contributed by atoms with van der Waals surface area (Å²) >= 11 is 0. The molecule has 1 heterocycles. The quantitative estimate of drug-likeness (QED) is 0.829. The van der Waals surface area contributed by atoms with Crippen LogP contribution in [-0.2, 0) is 0 Å². The maximum Gasteiger partial charge on any atom is 0.138 e. The largest absolute Gasteiger partial charge is 0.492 e. The van der Waals surface area contributed by atoms with Crippen molar-refractivity contribution in [3.8, 4) is 5.75 Å². The Morgan fingerprint density at radius 3 is 2.94 bits per heavy atom. The van der Waals surface area contributed by atoms with Crippen molar-refractivity contribution < 1.29 is 4.74 Å². The highest BCUT2D eigenvalue weighted by molar-refractivity contribution is 5.63. The maximum atomic E-state index is 5.71. The van der Waals surface area contributed by atoms with E-state index in [1.54, 1.807) is 6.20 Å². The van der Waals surface area contributed by atoms with Gasteiger partial charge < -0.3 is 10.5 Å². The Morgan fingerprint density at radius 2 is 2.31 bits per heavy atom. The van der Waals surface area contributed by atoms with Crippen LogP contribution in [0.1, 0.15) is 32.8 Å². The Morgan fingerprint density at radius 1 is 1.56 bits per heavy atom. The normalized spacial score (nSPS) is 13.6. The molecule has 0 aliphatic heterocycles. The molecule has 0 saturated carbocycles. The van der Waals surface area contributed by atoms with E-state index in [2.05, 4.69) is 18.0 Å². The predicted molar refractivity (Wildman–Crippen MR) is 67.3 cm³/mol. The average Bonchev–Trinajstić information content (AvgIpc) is 2.26. The Hall–Kier alpha value is -1.35. The Kier molecular flexibility index (Phi) is 4.99. The van der Waals surface area contributed by atoms with Gasteiger partial charge in [-0.25, -0.2) is 0 Å². The van der Waals surface area contributed by atoms with Crippen molar-refractivity contribution in [2.45, 2.75) is 33.2 Å². The maximum absolute atomic E-state index is 5.71. The molecule has 1 aromatic heterocycles.